The summed E-state index contributed by atoms with van der Waals surface area (Å²) < 4.78 is 5.09. The highest BCUT2D eigenvalue weighted by Crippen LogP contribution is 2.19. The second kappa shape index (κ2) is 14.0. The highest BCUT2D eigenvalue weighted by atomic mass is 16.5. The molecular formula is C26H35N5O7. The minimum Gasteiger partial charge on any atom is -0.461 e. The molecule has 206 valence electrons. The summed E-state index contributed by atoms with van der Waals surface area (Å²) in [6.07, 6.45) is 0.227. The summed E-state index contributed by atoms with van der Waals surface area (Å²) in [5, 5.41) is 25.5. The topological polar surface area (TPSA) is 191 Å². The van der Waals surface area contributed by atoms with Gasteiger partial charge in [0.1, 0.15) is 12.1 Å². The normalized spacial score (nSPS) is 14.2. The van der Waals surface area contributed by atoms with E-state index in [2.05, 4.69) is 20.9 Å². The Balaban J connectivity index is 2.26. The van der Waals surface area contributed by atoms with Gasteiger partial charge in [-0.15, -0.1) is 0 Å². The average Bonchev–Trinajstić information content (AvgIpc) is 3.25. The number of aromatic nitrogens is 1. The number of carbonyl (C=O) groups is 5. The molecule has 0 saturated carbocycles. The van der Waals surface area contributed by atoms with Gasteiger partial charge in [0, 0.05) is 36.9 Å². The van der Waals surface area contributed by atoms with Gasteiger partial charge < -0.3 is 36.2 Å². The fourth-order valence-electron chi connectivity index (χ4n) is 3.81. The van der Waals surface area contributed by atoms with Crippen molar-refractivity contribution in [1.29, 1.82) is 5.41 Å². The van der Waals surface area contributed by atoms with Crippen molar-refractivity contribution >= 4 is 46.6 Å². The number of benzene rings is 1. The molecule has 0 aliphatic rings. The minimum atomic E-state index is -1.42. The standard InChI is InChI=1S/C26H35N5O7/c1-14(2)38-26(37)23(15(3)32)31-24(35)21(10-9-18(34)12-27)30-25(36)22(29-16(4)33)11-17-13-28-20-8-6-5-7-19(17)20/h5-8,12-15,21-23,27-28,32H,9-11H2,1-4H3,(H,29,33)(H,30,36)(H,31,35)/t15?,21-,22-,23-/m0/s1. The Bertz CT molecular complexity index is 1170. The third kappa shape index (κ3) is 8.80. The van der Waals surface area contributed by atoms with Gasteiger partial charge in [0.15, 0.2) is 11.8 Å². The maximum absolute atomic E-state index is 13.3. The van der Waals surface area contributed by atoms with Gasteiger partial charge in [-0.25, -0.2) is 4.79 Å². The number of para-hydroxylation sites is 1. The van der Waals surface area contributed by atoms with E-state index >= 15 is 0 Å². The van der Waals surface area contributed by atoms with E-state index in [9.17, 15) is 29.1 Å². The largest absolute Gasteiger partial charge is 0.461 e. The van der Waals surface area contributed by atoms with Gasteiger partial charge in [0.05, 0.1) is 18.4 Å². The second-order valence-corrected chi connectivity index (χ2v) is 9.24. The van der Waals surface area contributed by atoms with Crippen LogP contribution in [0.5, 0.6) is 0 Å². The molecule has 0 spiro atoms. The lowest BCUT2D eigenvalue weighted by atomic mass is 10.0. The number of hydrogen-bond donors (Lipinski definition) is 6. The van der Waals surface area contributed by atoms with E-state index in [1.165, 1.54) is 13.8 Å². The van der Waals surface area contributed by atoms with Crippen molar-refractivity contribution in [3.63, 3.8) is 0 Å². The van der Waals surface area contributed by atoms with Gasteiger partial charge >= 0.3 is 5.97 Å². The van der Waals surface area contributed by atoms with Gasteiger partial charge in [-0.05, 0) is 38.8 Å². The van der Waals surface area contributed by atoms with Crippen molar-refractivity contribution in [2.75, 3.05) is 0 Å². The maximum Gasteiger partial charge on any atom is 0.331 e. The molecule has 1 heterocycles. The second-order valence-electron chi connectivity index (χ2n) is 9.24. The molecule has 1 aromatic carbocycles. The molecule has 0 saturated heterocycles. The quantitative estimate of drug-likeness (QED) is 0.152. The van der Waals surface area contributed by atoms with Crippen LogP contribution < -0.4 is 16.0 Å². The van der Waals surface area contributed by atoms with Crippen LogP contribution in [0.3, 0.4) is 0 Å². The smallest absolute Gasteiger partial charge is 0.331 e. The van der Waals surface area contributed by atoms with Crippen LogP contribution in [0.1, 0.15) is 46.1 Å². The molecule has 3 amide bonds. The Morgan fingerprint density at radius 3 is 2.29 bits per heavy atom. The number of aliphatic hydroxyl groups is 1. The van der Waals surface area contributed by atoms with Crippen LogP contribution in [-0.2, 0) is 35.1 Å². The molecule has 1 unspecified atom stereocenters. The van der Waals surface area contributed by atoms with Crippen molar-refractivity contribution < 1.29 is 33.8 Å². The van der Waals surface area contributed by atoms with E-state index in [4.69, 9.17) is 10.1 Å². The van der Waals surface area contributed by atoms with Crippen LogP contribution in [0.25, 0.3) is 10.9 Å². The van der Waals surface area contributed by atoms with E-state index in [0.717, 1.165) is 16.5 Å². The summed E-state index contributed by atoms with van der Waals surface area (Å²) in [7, 11) is 0. The zero-order valence-electron chi connectivity index (χ0n) is 21.9. The number of Topliss-reactive ketones (excluding diaryl/α,β-unsaturated/α-hetero) is 1. The predicted octanol–water partition coefficient (Wildman–Crippen LogP) is 0.516. The number of rotatable bonds is 14. The average molecular weight is 530 g/mol. The van der Waals surface area contributed by atoms with E-state index in [0.29, 0.717) is 6.21 Å². The first-order valence-electron chi connectivity index (χ1n) is 12.3. The SMILES string of the molecule is CC(=O)N[C@@H](Cc1c[nH]c2ccccc12)C(=O)N[C@@H](CCC(=O)C=N)C(=O)N[C@H](C(=O)OC(C)C)C(C)O. The minimum absolute atomic E-state index is 0.111. The monoisotopic (exact) mass is 529 g/mol. The number of hydrogen-bond acceptors (Lipinski definition) is 8. The molecule has 38 heavy (non-hydrogen) atoms. The van der Waals surface area contributed by atoms with Crippen LogP contribution in [0.4, 0.5) is 0 Å². The summed E-state index contributed by atoms with van der Waals surface area (Å²) in [6.45, 7) is 5.78. The van der Waals surface area contributed by atoms with Gasteiger partial charge in [0.2, 0.25) is 17.7 Å². The van der Waals surface area contributed by atoms with Crippen LogP contribution in [0.15, 0.2) is 30.5 Å². The number of fused-ring (bicyclic) bond motifs is 1. The third-order valence-corrected chi connectivity index (χ3v) is 5.65. The van der Waals surface area contributed by atoms with Crippen molar-refractivity contribution in [2.45, 2.75) is 77.3 Å². The highest BCUT2D eigenvalue weighted by Gasteiger charge is 2.33. The molecule has 2 aromatic rings. The van der Waals surface area contributed by atoms with Gasteiger partial charge in [-0.2, -0.15) is 0 Å². The zero-order chi connectivity index (χ0) is 28.4. The van der Waals surface area contributed by atoms with Crippen LogP contribution in [0, 0.1) is 5.41 Å². The Hall–Kier alpha value is -4.06. The number of H-pyrrole nitrogens is 1. The molecule has 0 aliphatic carbocycles. The number of carbonyl (C=O) groups excluding carboxylic acids is 5. The molecule has 1 aromatic heterocycles. The summed E-state index contributed by atoms with van der Waals surface area (Å²) in [6, 6.07) is 3.66. The number of amides is 3. The number of nitrogens with one attached hydrogen (secondary N) is 5. The van der Waals surface area contributed by atoms with E-state index in [1.54, 1.807) is 20.0 Å². The van der Waals surface area contributed by atoms with E-state index < -0.39 is 59.8 Å². The van der Waals surface area contributed by atoms with Crippen molar-refractivity contribution in [2.24, 2.45) is 0 Å². The first kappa shape index (κ1) is 30.2. The van der Waals surface area contributed by atoms with E-state index in [1.807, 2.05) is 24.3 Å². The molecule has 0 bridgehead atoms. The number of ether oxygens (including phenoxy) is 1. The van der Waals surface area contributed by atoms with Crippen LogP contribution in [0.2, 0.25) is 0 Å². The summed E-state index contributed by atoms with van der Waals surface area (Å²) in [4.78, 5) is 65.5. The predicted molar refractivity (Wildman–Crippen MR) is 139 cm³/mol. The fraction of sp³-hybridized carbons (Fsp3) is 0.462. The molecular weight excluding hydrogens is 494 g/mol. The molecule has 0 radical (unpaired) electrons. The molecule has 0 fully saturated rings. The lowest BCUT2D eigenvalue weighted by Gasteiger charge is -2.26. The van der Waals surface area contributed by atoms with Crippen LogP contribution in [-0.4, -0.2) is 76.1 Å². The van der Waals surface area contributed by atoms with Crippen molar-refractivity contribution in [3.8, 4) is 0 Å². The lowest BCUT2D eigenvalue weighted by Crippen LogP contribution is -2.58. The summed E-state index contributed by atoms with van der Waals surface area (Å²) >= 11 is 0. The molecule has 4 atom stereocenters. The van der Waals surface area contributed by atoms with Crippen molar-refractivity contribution in [3.05, 3.63) is 36.0 Å². The Kier molecular flexibility index (Phi) is 11.1. The van der Waals surface area contributed by atoms with Gasteiger partial charge in [0.25, 0.3) is 0 Å². The number of esters is 1. The Morgan fingerprint density at radius 2 is 1.68 bits per heavy atom. The first-order valence-corrected chi connectivity index (χ1v) is 12.3. The Labute approximate surface area is 220 Å². The number of ketones is 1. The number of aromatic amines is 1. The zero-order valence-corrected chi connectivity index (χ0v) is 21.9. The fourth-order valence-corrected chi connectivity index (χ4v) is 3.81. The molecule has 12 nitrogen and oxygen atoms in total. The summed E-state index contributed by atoms with van der Waals surface area (Å²) in [5.41, 5.74) is 1.62. The van der Waals surface area contributed by atoms with Gasteiger partial charge in [-0.3, -0.25) is 19.2 Å². The summed E-state index contributed by atoms with van der Waals surface area (Å²) in [5.74, 6) is -3.42. The number of aliphatic hydroxyl groups excluding tert-OH is 1. The van der Waals surface area contributed by atoms with Crippen molar-refractivity contribution in [1.82, 2.24) is 20.9 Å². The molecule has 0 aliphatic heterocycles. The van der Waals surface area contributed by atoms with Gasteiger partial charge in [-0.1, -0.05) is 18.2 Å². The molecule has 6 N–H and O–H groups in total. The highest BCUT2D eigenvalue weighted by molar-refractivity contribution is 6.26. The Morgan fingerprint density at radius 1 is 1.03 bits per heavy atom. The van der Waals surface area contributed by atoms with E-state index in [-0.39, 0.29) is 19.3 Å². The molecule has 12 heteroatoms. The molecule has 2 rings (SSSR count). The lowest BCUT2D eigenvalue weighted by molar-refractivity contribution is -0.154. The maximum atomic E-state index is 13.3. The third-order valence-electron chi connectivity index (χ3n) is 5.65. The van der Waals surface area contributed by atoms with Crippen LogP contribution >= 0.6 is 0 Å². The first-order chi connectivity index (χ1) is 17.9.